The first-order chi connectivity index (χ1) is 5.13. The highest BCUT2D eigenvalue weighted by molar-refractivity contribution is 4.81. The van der Waals surface area contributed by atoms with Crippen LogP contribution in [0.25, 0.3) is 0 Å². The summed E-state index contributed by atoms with van der Waals surface area (Å²) in [5, 5.41) is 0. The van der Waals surface area contributed by atoms with E-state index in [-0.39, 0.29) is 0 Å². The first-order valence-corrected chi connectivity index (χ1v) is 4.85. The van der Waals surface area contributed by atoms with Gasteiger partial charge in [-0.25, -0.2) is 0 Å². The maximum Gasteiger partial charge on any atom is 0.00948 e. The fourth-order valence-corrected chi connectivity index (χ4v) is 1.73. The van der Waals surface area contributed by atoms with Gasteiger partial charge < -0.3 is 4.90 Å². The molecule has 0 aromatic carbocycles. The van der Waals surface area contributed by atoms with Gasteiger partial charge in [0.05, 0.1) is 0 Å². The molecule has 0 aromatic rings. The monoisotopic (exact) mass is 155 g/mol. The Balaban J connectivity index is 2.32. The molecule has 0 spiro atoms. The summed E-state index contributed by atoms with van der Waals surface area (Å²) in [5.41, 5.74) is 0. The Hall–Kier alpha value is -0.0400. The van der Waals surface area contributed by atoms with Crippen molar-refractivity contribution in [3.63, 3.8) is 0 Å². The van der Waals surface area contributed by atoms with Gasteiger partial charge in [-0.05, 0) is 46.6 Å². The van der Waals surface area contributed by atoms with E-state index in [0.717, 1.165) is 12.0 Å². The number of hydrogen-bond donors (Lipinski definition) is 0. The standard InChI is InChI=1S/C10H21N/c1-8(2)11(4)9(3)10-6-5-7-10/h8-10H,5-7H2,1-4H3. The zero-order valence-corrected chi connectivity index (χ0v) is 8.30. The van der Waals surface area contributed by atoms with Crippen molar-refractivity contribution in [2.24, 2.45) is 5.92 Å². The Kier molecular flexibility index (Phi) is 2.94. The first-order valence-electron chi connectivity index (χ1n) is 4.85. The molecule has 1 fully saturated rings. The van der Waals surface area contributed by atoms with Crippen LogP contribution in [-0.4, -0.2) is 24.0 Å². The molecule has 1 heteroatoms. The lowest BCUT2D eigenvalue weighted by atomic mass is 9.79. The quantitative estimate of drug-likeness (QED) is 0.605. The number of hydrogen-bond acceptors (Lipinski definition) is 1. The average molecular weight is 155 g/mol. The van der Waals surface area contributed by atoms with E-state index in [1.807, 2.05) is 0 Å². The Morgan fingerprint density at radius 1 is 1.18 bits per heavy atom. The van der Waals surface area contributed by atoms with Crippen LogP contribution in [0.1, 0.15) is 40.0 Å². The number of nitrogens with zero attached hydrogens (tertiary/aromatic N) is 1. The van der Waals surface area contributed by atoms with Gasteiger partial charge in [-0.3, -0.25) is 0 Å². The highest BCUT2D eigenvalue weighted by atomic mass is 15.1. The van der Waals surface area contributed by atoms with Gasteiger partial charge in [0.1, 0.15) is 0 Å². The van der Waals surface area contributed by atoms with Gasteiger partial charge in [0.25, 0.3) is 0 Å². The highest BCUT2D eigenvalue weighted by Crippen LogP contribution is 2.31. The van der Waals surface area contributed by atoms with Crippen LogP contribution in [0, 0.1) is 5.92 Å². The van der Waals surface area contributed by atoms with Crippen molar-refractivity contribution < 1.29 is 0 Å². The molecule has 1 rings (SSSR count). The van der Waals surface area contributed by atoms with Crippen molar-refractivity contribution in [2.45, 2.75) is 52.1 Å². The fourth-order valence-electron chi connectivity index (χ4n) is 1.73. The maximum atomic E-state index is 2.49. The number of rotatable bonds is 3. The van der Waals surface area contributed by atoms with Gasteiger partial charge in [-0.1, -0.05) is 6.42 Å². The molecule has 1 unspecified atom stereocenters. The Morgan fingerprint density at radius 3 is 2.00 bits per heavy atom. The average Bonchev–Trinajstić information content (AvgIpc) is 1.82. The molecule has 0 amide bonds. The smallest absolute Gasteiger partial charge is 0.00948 e. The minimum absolute atomic E-state index is 0.700. The van der Waals surface area contributed by atoms with Crippen LogP contribution < -0.4 is 0 Å². The second-order valence-electron chi connectivity index (χ2n) is 4.19. The Morgan fingerprint density at radius 2 is 1.73 bits per heavy atom. The van der Waals surface area contributed by atoms with Crippen molar-refractivity contribution in [1.82, 2.24) is 4.90 Å². The summed E-state index contributed by atoms with van der Waals surface area (Å²) in [4.78, 5) is 2.49. The minimum Gasteiger partial charge on any atom is -0.301 e. The van der Waals surface area contributed by atoms with Crippen LogP contribution in [0.5, 0.6) is 0 Å². The third kappa shape index (κ3) is 1.96. The molecular formula is C10H21N. The van der Waals surface area contributed by atoms with Crippen molar-refractivity contribution >= 4 is 0 Å². The van der Waals surface area contributed by atoms with Crippen LogP contribution in [0.15, 0.2) is 0 Å². The molecule has 66 valence electrons. The molecule has 0 N–H and O–H groups in total. The Bertz CT molecular complexity index is 116. The molecule has 0 aliphatic heterocycles. The summed E-state index contributed by atoms with van der Waals surface area (Å²) < 4.78 is 0. The molecule has 11 heavy (non-hydrogen) atoms. The van der Waals surface area contributed by atoms with Crippen molar-refractivity contribution in [2.75, 3.05) is 7.05 Å². The third-order valence-electron chi connectivity index (χ3n) is 3.29. The van der Waals surface area contributed by atoms with E-state index in [2.05, 4.69) is 32.7 Å². The van der Waals surface area contributed by atoms with Crippen LogP contribution >= 0.6 is 0 Å². The highest BCUT2D eigenvalue weighted by Gasteiger charge is 2.27. The van der Waals surface area contributed by atoms with E-state index in [1.54, 1.807) is 0 Å². The van der Waals surface area contributed by atoms with E-state index in [9.17, 15) is 0 Å². The van der Waals surface area contributed by atoms with Crippen LogP contribution in [-0.2, 0) is 0 Å². The molecule has 1 atom stereocenters. The summed E-state index contributed by atoms with van der Waals surface area (Å²) in [6.07, 6.45) is 4.37. The molecule has 0 radical (unpaired) electrons. The summed E-state index contributed by atoms with van der Waals surface area (Å²) in [6.45, 7) is 6.91. The maximum absolute atomic E-state index is 2.49. The van der Waals surface area contributed by atoms with E-state index >= 15 is 0 Å². The molecule has 1 aliphatic carbocycles. The molecule has 0 aromatic heterocycles. The van der Waals surface area contributed by atoms with Crippen molar-refractivity contribution in [1.29, 1.82) is 0 Å². The zero-order valence-electron chi connectivity index (χ0n) is 8.30. The predicted octanol–water partition coefficient (Wildman–Crippen LogP) is 2.52. The predicted molar refractivity (Wildman–Crippen MR) is 49.7 cm³/mol. The fraction of sp³-hybridized carbons (Fsp3) is 1.00. The van der Waals surface area contributed by atoms with Crippen molar-refractivity contribution in [3.05, 3.63) is 0 Å². The van der Waals surface area contributed by atoms with Crippen LogP contribution in [0.2, 0.25) is 0 Å². The molecule has 0 bridgehead atoms. The minimum atomic E-state index is 0.700. The SMILES string of the molecule is CC(C)N(C)C(C)C1CCC1. The third-order valence-corrected chi connectivity index (χ3v) is 3.29. The lowest BCUT2D eigenvalue weighted by Gasteiger charge is -2.39. The second-order valence-corrected chi connectivity index (χ2v) is 4.19. The molecule has 0 heterocycles. The lowest BCUT2D eigenvalue weighted by molar-refractivity contribution is 0.107. The van der Waals surface area contributed by atoms with Gasteiger partial charge >= 0.3 is 0 Å². The van der Waals surface area contributed by atoms with Gasteiger partial charge in [-0.15, -0.1) is 0 Å². The summed E-state index contributed by atoms with van der Waals surface area (Å²) >= 11 is 0. The van der Waals surface area contributed by atoms with Gasteiger partial charge in [-0.2, -0.15) is 0 Å². The second kappa shape index (κ2) is 3.57. The van der Waals surface area contributed by atoms with E-state index in [4.69, 9.17) is 0 Å². The first kappa shape index (κ1) is 9.05. The lowest BCUT2D eigenvalue weighted by Crippen LogP contribution is -2.42. The zero-order chi connectivity index (χ0) is 8.43. The molecular weight excluding hydrogens is 134 g/mol. The molecule has 1 saturated carbocycles. The molecule has 1 nitrogen and oxygen atoms in total. The van der Waals surface area contributed by atoms with E-state index < -0.39 is 0 Å². The Labute approximate surface area is 70.8 Å². The van der Waals surface area contributed by atoms with Gasteiger partial charge in [0, 0.05) is 12.1 Å². The topological polar surface area (TPSA) is 3.24 Å². The summed E-state index contributed by atoms with van der Waals surface area (Å²) in [6, 6.07) is 1.49. The summed E-state index contributed by atoms with van der Waals surface area (Å²) in [5.74, 6) is 0.988. The van der Waals surface area contributed by atoms with Gasteiger partial charge in [0.2, 0.25) is 0 Å². The molecule has 1 aliphatic rings. The van der Waals surface area contributed by atoms with Crippen LogP contribution in [0.3, 0.4) is 0 Å². The van der Waals surface area contributed by atoms with E-state index in [1.165, 1.54) is 19.3 Å². The normalized spacial score (nSPS) is 22.4. The van der Waals surface area contributed by atoms with Gasteiger partial charge in [0.15, 0.2) is 0 Å². The summed E-state index contributed by atoms with van der Waals surface area (Å²) in [7, 11) is 2.24. The largest absolute Gasteiger partial charge is 0.301 e. The molecule has 0 saturated heterocycles. The van der Waals surface area contributed by atoms with Crippen molar-refractivity contribution in [3.8, 4) is 0 Å². The van der Waals surface area contributed by atoms with Crippen LogP contribution in [0.4, 0.5) is 0 Å². The van der Waals surface area contributed by atoms with E-state index in [0.29, 0.717) is 6.04 Å².